The van der Waals surface area contributed by atoms with Gasteiger partial charge in [-0.1, -0.05) is 41.6 Å². The molecular weight excluding hydrogens is 406 g/mol. The summed E-state index contributed by atoms with van der Waals surface area (Å²) in [5.41, 5.74) is 5.27. The van der Waals surface area contributed by atoms with Gasteiger partial charge in [0.25, 0.3) is 0 Å². The average molecular weight is 436 g/mol. The molecule has 1 fully saturated rings. The van der Waals surface area contributed by atoms with Crippen LogP contribution in [0.5, 0.6) is 0 Å². The number of nitrogens with zero attached hydrogens (tertiary/aromatic N) is 4. The summed E-state index contributed by atoms with van der Waals surface area (Å²) in [5, 5.41) is 12.7. The van der Waals surface area contributed by atoms with E-state index in [-0.39, 0.29) is 11.7 Å². The molecule has 0 bridgehead atoms. The third-order valence-electron chi connectivity index (χ3n) is 5.55. The largest absolute Gasteiger partial charge is 0.341 e. The normalized spacial score (nSPS) is 14.0. The van der Waals surface area contributed by atoms with E-state index in [2.05, 4.69) is 56.2 Å². The minimum Gasteiger partial charge on any atom is -0.341 e. The van der Waals surface area contributed by atoms with Gasteiger partial charge in [0.2, 0.25) is 11.9 Å². The Balaban J connectivity index is 1.54. The van der Waals surface area contributed by atoms with Gasteiger partial charge in [-0.15, -0.1) is 10.2 Å². The van der Waals surface area contributed by atoms with E-state index in [1.165, 1.54) is 36.6 Å². The van der Waals surface area contributed by atoms with Crippen molar-refractivity contribution in [2.45, 2.75) is 45.2 Å². The van der Waals surface area contributed by atoms with E-state index in [0.29, 0.717) is 0 Å². The van der Waals surface area contributed by atoms with E-state index in [1.54, 1.807) is 0 Å². The standard InChI is InChI=1S/C24H29N5OS/c1-17-8-11-20(12-9-17)29-23(28-13-5-4-6-14-28)26-27-24(29)31-16-22(30)25-21-15-18(2)7-10-19(21)3/h7-12,15H,4-6,13-14,16H2,1-3H3,(H,25,30). The Morgan fingerprint density at radius 3 is 2.42 bits per heavy atom. The molecule has 4 rings (SSSR count). The summed E-state index contributed by atoms with van der Waals surface area (Å²) in [6.07, 6.45) is 3.60. The molecule has 1 N–H and O–H groups in total. The second kappa shape index (κ2) is 9.56. The zero-order chi connectivity index (χ0) is 21.8. The molecule has 31 heavy (non-hydrogen) atoms. The topological polar surface area (TPSA) is 63.1 Å². The van der Waals surface area contributed by atoms with Crippen molar-refractivity contribution in [3.63, 3.8) is 0 Å². The molecule has 1 aliphatic heterocycles. The highest BCUT2D eigenvalue weighted by molar-refractivity contribution is 7.99. The van der Waals surface area contributed by atoms with Gasteiger partial charge >= 0.3 is 0 Å². The summed E-state index contributed by atoms with van der Waals surface area (Å²) >= 11 is 1.42. The fraction of sp³-hybridized carbons (Fsp3) is 0.375. The van der Waals surface area contributed by atoms with Crippen molar-refractivity contribution in [3.8, 4) is 5.69 Å². The fourth-order valence-corrected chi connectivity index (χ4v) is 4.51. The number of hydrogen-bond acceptors (Lipinski definition) is 5. The first-order valence-corrected chi connectivity index (χ1v) is 11.8. The van der Waals surface area contributed by atoms with Crippen LogP contribution in [0.1, 0.15) is 36.0 Å². The van der Waals surface area contributed by atoms with Crippen LogP contribution in [-0.2, 0) is 4.79 Å². The first-order chi connectivity index (χ1) is 15.0. The summed E-state index contributed by atoms with van der Waals surface area (Å²) in [6.45, 7) is 8.08. The van der Waals surface area contributed by atoms with Crippen LogP contribution in [0.4, 0.5) is 11.6 Å². The zero-order valence-electron chi connectivity index (χ0n) is 18.4. The maximum absolute atomic E-state index is 12.7. The van der Waals surface area contributed by atoms with Crippen molar-refractivity contribution >= 4 is 29.3 Å². The molecule has 6 nitrogen and oxygen atoms in total. The maximum atomic E-state index is 12.7. The number of nitrogens with one attached hydrogen (secondary N) is 1. The van der Waals surface area contributed by atoms with Gasteiger partial charge in [0.1, 0.15) is 0 Å². The van der Waals surface area contributed by atoms with E-state index in [4.69, 9.17) is 0 Å². The third kappa shape index (κ3) is 5.10. The lowest BCUT2D eigenvalue weighted by atomic mass is 10.1. The number of aryl methyl sites for hydroxylation is 3. The monoisotopic (exact) mass is 435 g/mol. The zero-order valence-corrected chi connectivity index (χ0v) is 19.2. The lowest BCUT2D eigenvalue weighted by Gasteiger charge is -2.27. The molecule has 0 unspecified atom stereocenters. The number of carbonyl (C=O) groups is 1. The number of amides is 1. The van der Waals surface area contributed by atoms with Gasteiger partial charge in [0.05, 0.1) is 11.4 Å². The molecule has 3 aromatic rings. The van der Waals surface area contributed by atoms with Crippen molar-refractivity contribution in [2.75, 3.05) is 29.1 Å². The Hall–Kier alpha value is -2.80. The predicted molar refractivity (Wildman–Crippen MR) is 127 cm³/mol. The highest BCUT2D eigenvalue weighted by Gasteiger charge is 2.22. The lowest BCUT2D eigenvalue weighted by Crippen LogP contribution is -2.31. The molecule has 1 amide bonds. The summed E-state index contributed by atoms with van der Waals surface area (Å²) in [7, 11) is 0. The summed E-state index contributed by atoms with van der Waals surface area (Å²) in [4.78, 5) is 15.0. The fourth-order valence-electron chi connectivity index (χ4n) is 3.76. The molecule has 0 aliphatic carbocycles. The van der Waals surface area contributed by atoms with Crippen molar-refractivity contribution in [2.24, 2.45) is 0 Å². The van der Waals surface area contributed by atoms with Crippen LogP contribution in [0.25, 0.3) is 5.69 Å². The molecule has 162 valence electrons. The van der Waals surface area contributed by atoms with Crippen LogP contribution < -0.4 is 10.2 Å². The minimum atomic E-state index is -0.0447. The minimum absolute atomic E-state index is 0.0447. The Morgan fingerprint density at radius 2 is 1.68 bits per heavy atom. The van der Waals surface area contributed by atoms with Crippen molar-refractivity contribution in [1.82, 2.24) is 14.8 Å². The number of carbonyl (C=O) groups excluding carboxylic acids is 1. The number of aromatic nitrogens is 3. The third-order valence-corrected chi connectivity index (χ3v) is 6.48. The summed E-state index contributed by atoms with van der Waals surface area (Å²) in [5.74, 6) is 1.09. The van der Waals surface area contributed by atoms with Crippen LogP contribution in [0, 0.1) is 20.8 Å². The van der Waals surface area contributed by atoms with Gasteiger partial charge in [0, 0.05) is 18.8 Å². The van der Waals surface area contributed by atoms with Crippen LogP contribution in [-0.4, -0.2) is 39.5 Å². The molecule has 1 saturated heterocycles. The Morgan fingerprint density at radius 1 is 0.968 bits per heavy atom. The molecular formula is C24H29N5OS. The molecule has 1 aromatic heterocycles. The molecule has 2 heterocycles. The van der Waals surface area contributed by atoms with Crippen LogP contribution in [0.15, 0.2) is 47.6 Å². The predicted octanol–water partition coefficient (Wildman–Crippen LogP) is 4.91. The van der Waals surface area contributed by atoms with Crippen LogP contribution in [0.2, 0.25) is 0 Å². The van der Waals surface area contributed by atoms with Gasteiger partial charge in [-0.2, -0.15) is 0 Å². The van der Waals surface area contributed by atoms with Crippen molar-refractivity contribution in [3.05, 3.63) is 59.2 Å². The highest BCUT2D eigenvalue weighted by Crippen LogP contribution is 2.29. The summed E-state index contributed by atoms with van der Waals surface area (Å²) in [6, 6.07) is 14.4. The van der Waals surface area contributed by atoms with Crippen LogP contribution >= 0.6 is 11.8 Å². The number of thioether (sulfide) groups is 1. The molecule has 2 aromatic carbocycles. The number of rotatable bonds is 6. The molecule has 0 spiro atoms. The maximum Gasteiger partial charge on any atom is 0.234 e. The average Bonchev–Trinajstić information content (AvgIpc) is 3.20. The molecule has 1 aliphatic rings. The van der Waals surface area contributed by atoms with E-state index >= 15 is 0 Å². The number of anilines is 2. The van der Waals surface area contributed by atoms with Gasteiger partial charge in [0.15, 0.2) is 5.16 Å². The smallest absolute Gasteiger partial charge is 0.234 e. The number of benzene rings is 2. The quantitative estimate of drug-likeness (QED) is 0.557. The van der Waals surface area contributed by atoms with E-state index in [0.717, 1.165) is 46.7 Å². The van der Waals surface area contributed by atoms with Crippen LogP contribution in [0.3, 0.4) is 0 Å². The van der Waals surface area contributed by atoms with Gasteiger partial charge in [-0.05, 0) is 69.4 Å². The second-order valence-corrected chi connectivity index (χ2v) is 9.10. The van der Waals surface area contributed by atoms with E-state index in [9.17, 15) is 4.79 Å². The molecule has 7 heteroatoms. The number of hydrogen-bond donors (Lipinski definition) is 1. The molecule has 0 saturated carbocycles. The van der Waals surface area contributed by atoms with Crippen molar-refractivity contribution < 1.29 is 4.79 Å². The van der Waals surface area contributed by atoms with E-state index in [1.807, 2.05) is 32.0 Å². The van der Waals surface area contributed by atoms with Gasteiger partial charge in [-0.25, -0.2) is 0 Å². The molecule has 0 atom stereocenters. The Bertz CT molecular complexity index is 1050. The lowest BCUT2D eigenvalue weighted by molar-refractivity contribution is -0.113. The van der Waals surface area contributed by atoms with Gasteiger partial charge in [-0.3, -0.25) is 9.36 Å². The highest BCUT2D eigenvalue weighted by atomic mass is 32.2. The first-order valence-electron chi connectivity index (χ1n) is 10.8. The SMILES string of the molecule is Cc1ccc(-n2c(SCC(=O)Nc3cc(C)ccc3C)nnc2N2CCCCC2)cc1. The summed E-state index contributed by atoms with van der Waals surface area (Å²) < 4.78 is 2.08. The Kier molecular flexibility index (Phi) is 6.61. The molecule has 0 radical (unpaired) electrons. The van der Waals surface area contributed by atoms with Gasteiger partial charge < -0.3 is 10.2 Å². The second-order valence-electron chi connectivity index (χ2n) is 8.16. The van der Waals surface area contributed by atoms with E-state index < -0.39 is 0 Å². The number of piperidine rings is 1. The van der Waals surface area contributed by atoms with Crippen molar-refractivity contribution in [1.29, 1.82) is 0 Å². The Labute approximate surface area is 188 Å². The first kappa shape index (κ1) is 21.4.